The average Bonchev–Trinajstić information content (AvgIpc) is 2.97. The number of likely N-dealkylation sites (tertiary alicyclic amines) is 1. The van der Waals surface area contributed by atoms with Gasteiger partial charge in [-0.15, -0.1) is 10.2 Å². The van der Waals surface area contributed by atoms with E-state index in [0.29, 0.717) is 12.2 Å². The second-order valence-corrected chi connectivity index (χ2v) is 7.29. The quantitative estimate of drug-likeness (QED) is 0.810. The molecule has 2 bridgehead atoms. The zero-order valence-corrected chi connectivity index (χ0v) is 12.8. The molecule has 2 atom stereocenters. The first-order chi connectivity index (χ1) is 9.33. The van der Waals surface area contributed by atoms with Crippen molar-refractivity contribution < 1.29 is 4.74 Å². The maximum absolute atomic E-state index is 5.85. The number of morpholine rings is 1. The zero-order valence-electron chi connectivity index (χ0n) is 11.2. The summed E-state index contributed by atoms with van der Waals surface area (Å²) in [6.45, 7) is 6.31. The average molecular weight is 300 g/mol. The number of aromatic nitrogens is 2. The van der Waals surface area contributed by atoms with E-state index in [1.165, 1.54) is 12.8 Å². The van der Waals surface area contributed by atoms with Gasteiger partial charge in [0.15, 0.2) is 4.34 Å². The van der Waals surface area contributed by atoms with Crippen molar-refractivity contribution in [3.63, 3.8) is 0 Å². The number of fused-ring (bicyclic) bond motifs is 2. The summed E-state index contributed by atoms with van der Waals surface area (Å²) in [5, 5.41) is 12.4. The summed E-state index contributed by atoms with van der Waals surface area (Å²) in [5.74, 6) is 1.08. The predicted molar refractivity (Wildman–Crippen MR) is 79.1 cm³/mol. The van der Waals surface area contributed by atoms with Crippen LogP contribution < -0.4 is 5.32 Å². The van der Waals surface area contributed by atoms with Crippen molar-refractivity contribution in [1.82, 2.24) is 15.1 Å². The second kappa shape index (κ2) is 6.39. The van der Waals surface area contributed by atoms with E-state index in [2.05, 4.69) is 27.3 Å². The molecule has 0 unspecified atom stereocenters. The van der Waals surface area contributed by atoms with Gasteiger partial charge in [0.25, 0.3) is 0 Å². The maximum Gasteiger partial charge on any atom is 0.206 e. The maximum atomic E-state index is 5.85. The van der Waals surface area contributed by atoms with E-state index in [4.69, 9.17) is 4.74 Å². The number of hydrogen-bond donors (Lipinski definition) is 1. The topological polar surface area (TPSA) is 50.3 Å². The van der Waals surface area contributed by atoms with Crippen LogP contribution >= 0.6 is 23.1 Å². The predicted octanol–water partition coefficient (Wildman–Crippen LogP) is 1.93. The van der Waals surface area contributed by atoms with Crippen LogP contribution in [0.3, 0.4) is 0 Å². The van der Waals surface area contributed by atoms with Gasteiger partial charge in [0.2, 0.25) is 5.13 Å². The second-order valence-electron chi connectivity index (χ2n) is 4.97. The van der Waals surface area contributed by atoms with Crippen molar-refractivity contribution in [3.05, 3.63) is 0 Å². The number of anilines is 1. The molecule has 7 heteroatoms. The minimum absolute atomic E-state index is 0.491. The highest BCUT2D eigenvalue weighted by Crippen LogP contribution is 2.28. The summed E-state index contributed by atoms with van der Waals surface area (Å²) >= 11 is 3.45. The molecule has 0 saturated carbocycles. The number of nitrogens with zero attached hydrogens (tertiary/aromatic N) is 3. The smallest absolute Gasteiger partial charge is 0.206 e. The van der Waals surface area contributed by atoms with Crippen LogP contribution in [0.1, 0.15) is 19.8 Å². The first kappa shape index (κ1) is 13.6. The van der Waals surface area contributed by atoms with Crippen LogP contribution in [0.4, 0.5) is 5.13 Å². The molecule has 2 fully saturated rings. The summed E-state index contributed by atoms with van der Waals surface area (Å²) in [6, 6.07) is 0. The molecule has 0 aromatic carbocycles. The molecule has 3 rings (SSSR count). The van der Waals surface area contributed by atoms with E-state index < -0.39 is 0 Å². The summed E-state index contributed by atoms with van der Waals surface area (Å²) in [6.07, 6.45) is 3.48. The van der Waals surface area contributed by atoms with Crippen molar-refractivity contribution in [3.8, 4) is 0 Å². The zero-order chi connectivity index (χ0) is 13.1. The normalized spacial score (nSPS) is 26.8. The lowest BCUT2D eigenvalue weighted by molar-refractivity contribution is -0.0360. The number of rotatable bonds is 6. The van der Waals surface area contributed by atoms with Gasteiger partial charge in [0, 0.05) is 31.9 Å². The Morgan fingerprint density at radius 2 is 2.16 bits per heavy atom. The fourth-order valence-corrected chi connectivity index (χ4v) is 4.52. The van der Waals surface area contributed by atoms with Crippen molar-refractivity contribution in [1.29, 1.82) is 0 Å². The minimum Gasteiger partial charge on any atom is -0.372 e. The third-order valence-corrected chi connectivity index (χ3v) is 5.48. The fraction of sp³-hybridized carbons (Fsp3) is 0.833. The third kappa shape index (κ3) is 3.59. The Bertz CT molecular complexity index is 402. The standard InChI is InChI=1S/C12H20N4OS2/c1-2-13-11-14-15-12(19-11)18-6-5-16-7-9-3-4-10(8-16)17-9/h9-10H,2-8H2,1H3,(H,13,14)/t9-,10+. The fourth-order valence-electron chi connectivity index (χ4n) is 2.63. The van der Waals surface area contributed by atoms with Gasteiger partial charge in [-0.05, 0) is 19.8 Å². The summed E-state index contributed by atoms with van der Waals surface area (Å²) < 4.78 is 6.91. The molecular formula is C12H20N4OS2. The number of hydrogen-bond acceptors (Lipinski definition) is 7. The van der Waals surface area contributed by atoms with Gasteiger partial charge < -0.3 is 10.1 Å². The molecule has 0 spiro atoms. The van der Waals surface area contributed by atoms with Crippen molar-refractivity contribution >= 4 is 28.2 Å². The first-order valence-corrected chi connectivity index (χ1v) is 8.71. The number of ether oxygens (including phenoxy) is 1. The summed E-state index contributed by atoms with van der Waals surface area (Å²) in [5.41, 5.74) is 0. The Morgan fingerprint density at radius 3 is 2.89 bits per heavy atom. The van der Waals surface area contributed by atoms with Gasteiger partial charge in [0.1, 0.15) is 0 Å². The highest BCUT2D eigenvalue weighted by atomic mass is 32.2. The van der Waals surface area contributed by atoms with Crippen LogP contribution in [0.5, 0.6) is 0 Å². The van der Waals surface area contributed by atoms with Crippen molar-refractivity contribution in [2.24, 2.45) is 0 Å². The van der Waals surface area contributed by atoms with E-state index >= 15 is 0 Å². The largest absolute Gasteiger partial charge is 0.372 e. The molecule has 2 saturated heterocycles. The molecule has 3 heterocycles. The molecule has 2 aliphatic heterocycles. The lowest BCUT2D eigenvalue weighted by atomic mass is 10.2. The molecule has 1 aromatic rings. The molecule has 0 amide bonds. The van der Waals surface area contributed by atoms with E-state index in [1.54, 1.807) is 23.1 Å². The molecule has 0 radical (unpaired) electrons. The minimum atomic E-state index is 0.491. The van der Waals surface area contributed by atoms with Crippen LogP contribution in [-0.2, 0) is 4.74 Å². The number of nitrogens with one attached hydrogen (secondary N) is 1. The Kier molecular flexibility index (Phi) is 4.57. The van der Waals surface area contributed by atoms with Gasteiger partial charge in [-0.3, -0.25) is 4.90 Å². The molecule has 5 nitrogen and oxygen atoms in total. The van der Waals surface area contributed by atoms with Crippen LogP contribution in [-0.4, -0.2) is 59.2 Å². The van der Waals surface area contributed by atoms with Crippen LogP contribution in [0.25, 0.3) is 0 Å². The van der Waals surface area contributed by atoms with Gasteiger partial charge in [0.05, 0.1) is 12.2 Å². The summed E-state index contributed by atoms with van der Waals surface area (Å²) in [4.78, 5) is 2.53. The molecule has 19 heavy (non-hydrogen) atoms. The third-order valence-electron chi connectivity index (χ3n) is 3.49. The lowest BCUT2D eigenvalue weighted by Crippen LogP contribution is -2.43. The lowest BCUT2D eigenvalue weighted by Gasteiger charge is -2.31. The Morgan fingerprint density at radius 1 is 1.37 bits per heavy atom. The highest BCUT2D eigenvalue weighted by Gasteiger charge is 2.33. The van der Waals surface area contributed by atoms with Crippen LogP contribution in [0.15, 0.2) is 4.34 Å². The molecule has 2 aliphatic rings. The monoisotopic (exact) mass is 300 g/mol. The van der Waals surface area contributed by atoms with E-state index in [-0.39, 0.29) is 0 Å². The SMILES string of the molecule is CCNc1nnc(SCCN2C[C@H]3CC[C@@H](C2)O3)s1. The highest BCUT2D eigenvalue weighted by molar-refractivity contribution is 8.01. The summed E-state index contributed by atoms with van der Waals surface area (Å²) in [7, 11) is 0. The first-order valence-electron chi connectivity index (χ1n) is 6.91. The Hall–Kier alpha value is -0.370. The van der Waals surface area contributed by atoms with Gasteiger partial charge >= 0.3 is 0 Å². The van der Waals surface area contributed by atoms with Crippen molar-refractivity contribution in [2.45, 2.75) is 36.3 Å². The Balaban J connectivity index is 1.40. The van der Waals surface area contributed by atoms with E-state index in [1.807, 2.05) is 0 Å². The van der Waals surface area contributed by atoms with Crippen LogP contribution in [0, 0.1) is 0 Å². The molecule has 106 valence electrons. The Labute approximate surface area is 122 Å². The van der Waals surface area contributed by atoms with Gasteiger partial charge in [-0.25, -0.2) is 0 Å². The van der Waals surface area contributed by atoms with Gasteiger partial charge in [-0.1, -0.05) is 23.1 Å². The van der Waals surface area contributed by atoms with E-state index in [0.717, 1.165) is 41.4 Å². The molecule has 0 aliphatic carbocycles. The van der Waals surface area contributed by atoms with Crippen molar-refractivity contribution in [2.75, 3.05) is 37.2 Å². The number of thioether (sulfide) groups is 1. The van der Waals surface area contributed by atoms with Gasteiger partial charge in [-0.2, -0.15) is 0 Å². The molecular weight excluding hydrogens is 280 g/mol. The van der Waals surface area contributed by atoms with E-state index in [9.17, 15) is 0 Å². The molecule has 1 aromatic heterocycles. The molecule has 1 N–H and O–H groups in total. The van der Waals surface area contributed by atoms with Crippen LogP contribution in [0.2, 0.25) is 0 Å².